The molecule has 0 bridgehead atoms. The van der Waals surface area contributed by atoms with Gasteiger partial charge in [-0.05, 0) is 89.4 Å². The Morgan fingerprint density at radius 1 is 1.27 bits per heavy atom. The number of ketones is 1. The van der Waals surface area contributed by atoms with E-state index in [-0.39, 0.29) is 10.8 Å². The number of Topliss-reactive ketones (excluding diaryl/α,β-unsaturated/α-hetero) is 1. The van der Waals surface area contributed by atoms with Gasteiger partial charge in [-0.1, -0.05) is 12.5 Å². The third-order valence-corrected chi connectivity index (χ3v) is 7.92. The second-order valence-electron chi connectivity index (χ2n) is 7.75. The molecule has 1 N–H and O–H groups in total. The summed E-state index contributed by atoms with van der Waals surface area (Å²) in [7, 11) is 0. The number of carbonyl (C=O) groups excluding carboxylic acids is 1. The summed E-state index contributed by atoms with van der Waals surface area (Å²) in [6.45, 7) is 2.24. The van der Waals surface area contributed by atoms with Crippen molar-refractivity contribution in [2.24, 2.45) is 16.7 Å². The van der Waals surface area contributed by atoms with E-state index in [1.165, 1.54) is 23.1 Å². The molecule has 2 nitrogen and oxygen atoms in total. The lowest BCUT2D eigenvalue weighted by Crippen LogP contribution is -2.38. The van der Waals surface area contributed by atoms with Crippen molar-refractivity contribution in [3.63, 3.8) is 0 Å². The van der Waals surface area contributed by atoms with Crippen LogP contribution in [0.3, 0.4) is 0 Å². The average molecular weight is 406 g/mol. The van der Waals surface area contributed by atoms with Crippen LogP contribution in [0.5, 0.6) is 5.75 Å². The zero-order valence-electron chi connectivity index (χ0n) is 12.7. The zero-order valence-corrected chi connectivity index (χ0v) is 14.9. The van der Waals surface area contributed by atoms with Gasteiger partial charge < -0.3 is 5.11 Å². The number of hydrogen-bond acceptors (Lipinski definition) is 2. The first-order valence-electron chi connectivity index (χ1n) is 8.25. The summed E-state index contributed by atoms with van der Waals surface area (Å²) in [5, 5.41) is 9.99. The van der Waals surface area contributed by atoms with E-state index in [0.29, 0.717) is 17.5 Å². The first kappa shape index (κ1) is 13.6. The summed E-state index contributed by atoms with van der Waals surface area (Å²) in [5.74, 6) is 1.54. The minimum Gasteiger partial charge on any atom is -0.507 e. The Labute approximate surface area is 144 Å². The van der Waals surface area contributed by atoms with Gasteiger partial charge in [0.05, 0.1) is 3.57 Å². The molecule has 0 aliphatic heterocycles. The van der Waals surface area contributed by atoms with E-state index < -0.39 is 0 Å². The van der Waals surface area contributed by atoms with Crippen LogP contribution in [0.2, 0.25) is 0 Å². The van der Waals surface area contributed by atoms with E-state index in [1.807, 2.05) is 6.07 Å². The van der Waals surface area contributed by atoms with Gasteiger partial charge in [0.25, 0.3) is 0 Å². The molecule has 1 aromatic rings. The highest BCUT2D eigenvalue weighted by Crippen LogP contribution is 2.78. The molecule has 0 saturated heterocycles. The van der Waals surface area contributed by atoms with Gasteiger partial charge in [0.2, 0.25) is 0 Å². The Morgan fingerprint density at radius 3 is 2.91 bits per heavy atom. The number of aryl methyl sites for hydroxylation is 1. The highest BCUT2D eigenvalue weighted by Gasteiger charge is 2.74. The fraction of sp³-hybridized carbons (Fsp3) is 0.526. The molecule has 3 heteroatoms. The number of aromatic hydroxyl groups is 1. The largest absolute Gasteiger partial charge is 0.507 e. The van der Waals surface area contributed by atoms with Crippen LogP contribution in [-0.2, 0) is 11.2 Å². The molecule has 1 spiro atoms. The number of rotatable bonds is 0. The summed E-state index contributed by atoms with van der Waals surface area (Å²) in [6, 6.07) is 4.11. The Hall–Kier alpha value is -0.840. The second kappa shape index (κ2) is 3.97. The molecule has 22 heavy (non-hydrogen) atoms. The molecular formula is C19H19IO2. The van der Waals surface area contributed by atoms with Gasteiger partial charge in [-0.15, -0.1) is 0 Å². The van der Waals surface area contributed by atoms with Gasteiger partial charge in [0, 0.05) is 17.3 Å². The van der Waals surface area contributed by atoms with Gasteiger partial charge in [-0.2, -0.15) is 0 Å². The first-order valence-corrected chi connectivity index (χ1v) is 9.33. The van der Waals surface area contributed by atoms with Crippen LogP contribution in [-0.4, -0.2) is 10.9 Å². The van der Waals surface area contributed by atoms with Crippen molar-refractivity contribution in [1.82, 2.24) is 0 Å². The Morgan fingerprint density at radius 2 is 2.09 bits per heavy atom. The topological polar surface area (TPSA) is 37.3 Å². The molecule has 3 atom stereocenters. The quantitative estimate of drug-likeness (QED) is 0.646. The number of phenols is 1. The average Bonchev–Trinajstić information content (AvgIpc) is 3.14. The number of allylic oxidation sites excluding steroid dienone is 2. The van der Waals surface area contributed by atoms with E-state index in [1.54, 1.807) is 5.57 Å². The van der Waals surface area contributed by atoms with Crippen molar-refractivity contribution in [2.45, 2.75) is 45.4 Å². The normalized spacial score (nSPS) is 38.3. The van der Waals surface area contributed by atoms with Gasteiger partial charge in [-0.25, -0.2) is 0 Å². The molecule has 5 rings (SSSR count). The summed E-state index contributed by atoms with van der Waals surface area (Å²) in [5.41, 5.74) is 5.87. The summed E-state index contributed by atoms with van der Waals surface area (Å²) in [4.78, 5) is 12.5. The standard InChI is InChI=1S/C19H19IO2/c1-18-5-4-12-13-8-15(20)16(21)6-10(13)2-3-14(12)19(18)9-11(19)7-17(18)22/h6,8,11,21H,2-5,7,9H2,1H3/t11-,18-,19+/m1/s1. The maximum atomic E-state index is 12.5. The number of benzene rings is 1. The second-order valence-corrected chi connectivity index (χ2v) is 8.91. The van der Waals surface area contributed by atoms with Gasteiger partial charge in [0.15, 0.2) is 0 Å². The fourth-order valence-electron chi connectivity index (χ4n) is 5.83. The molecule has 4 aliphatic carbocycles. The molecule has 0 unspecified atom stereocenters. The van der Waals surface area contributed by atoms with Crippen molar-refractivity contribution in [2.75, 3.05) is 0 Å². The number of hydrogen-bond donors (Lipinski definition) is 1. The Bertz CT molecular complexity index is 778. The maximum Gasteiger partial charge on any atom is 0.139 e. The number of halogens is 1. The van der Waals surface area contributed by atoms with Crippen LogP contribution >= 0.6 is 22.6 Å². The molecule has 1 aromatic carbocycles. The summed E-state index contributed by atoms with van der Waals surface area (Å²) in [6.07, 6.45) is 6.18. The SMILES string of the molecule is C[C@]12CCC3=C(CCc4cc(O)c(I)cc43)[C@@]13C[C@H]3CC2=O. The minimum atomic E-state index is -0.0852. The van der Waals surface area contributed by atoms with Gasteiger partial charge in [-0.3, -0.25) is 4.79 Å². The molecule has 0 aromatic heterocycles. The van der Waals surface area contributed by atoms with E-state index in [4.69, 9.17) is 0 Å². The van der Waals surface area contributed by atoms with E-state index >= 15 is 0 Å². The van der Waals surface area contributed by atoms with Crippen molar-refractivity contribution in [3.8, 4) is 5.75 Å². The first-order chi connectivity index (χ1) is 10.5. The molecule has 2 fully saturated rings. The van der Waals surface area contributed by atoms with Crippen LogP contribution in [0.4, 0.5) is 0 Å². The van der Waals surface area contributed by atoms with Crippen molar-refractivity contribution < 1.29 is 9.90 Å². The predicted molar refractivity (Wildman–Crippen MR) is 93.6 cm³/mol. The zero-order chi connectivity index (χ0) is 15.3. The van der Waals surface area contributed by atoms with Crippen LogP contribution in [0.15, 0.2) is 17.7 Å². The number of fused-ring (bicyclic) bond motifs is 2. The van der Waals surface area contributed by atoms with E-state index in [2.05, 4.69) is 35.6 Å². The third kappa shape index (κ3) is 1.36. The maximum absolute atomic E-state index is 12.5. The highest BCUT2D eigenvalue weighted by atomic mass is 127. The lowest BCUT2D eigenvalue weighted by Gasteiger charge is -2.43. The lowest BCUT2D eigenvalue weighted by molar-refractivity contribution is -0.128. The molecule has 4 aliphatic rings. The fourth-order valence-corrected chi connectivity index (χ4v) is 6.30. The lowest BCUT2D eigenvalue weighted by atomic mass is 9.59. The molecular weight excluding hydrogens is 387 g/mol. The molecule has 2 saturated carbocycles. The molecule has 0 radical (unpaired) electrons. The van der Waals surface area contributed by atoms with Crippen LogP contribution in [0.25, 0.3) is 5.57 Å². The molecule has 0 heterocycles. The summed E-state index contributed by atoms with van der Waals surface area (Å²) < 4.78 is 0.936. The molecule has 0 amide bonds. The van der Waals surface area contributed by atoms with Crippen molar-refractivity contribution >= 4 is 33.9 Å². The van der Waals surface area contributed by atoms with E-state index in [0.717, 1.165) is 35.7 Å². The smallest absolute Gasteiger partial charge is 0.139 e. The number of phenolic OH excluding ortho intramolecular Hbond substituents is 1. The van der Waals surface area contributed by atoms with Crippen LogP contribution in [0, 0.1) is 20.3 Å². The Balaban J connectivity index is 1.73. The number of carbonyl (C=O) groups is 1. The van der Waals surface area contributed by atoms with Gasteiger partial charge in [0.1, 0.15) is 11.5 Å². The van der Waals surface area contributed by atoms with Gasteiger partial charge >= 0.3 is 0 Å². The molecule has 114 valence electrons. The van der Waals surface area contributed by atoms with E-state index in [9.17, 15) is 9.90 Å². The highest BCUT2D eigenvalue weighted by molar-refractivity contribution is 14.1. The Kier molecular flexibility index (Phi) is 2.45. The van der Waals surface area contributed by atoms with Crippen molar-refractivity contribution in [1.29, 1.82) is 0 Å². The van der Waals surface area contributed by atoms with Crippen LogP contribution in [0.1, 0.15) is 50.2 Å². The minimum absolute atomic E-state index is 0.0852. The van der Waals surface area contributed by atoms with Crippen LogP contribution < -0.4 is 0 Å². The summed E-state index contributed by atoms with van der Waals surface area (Å²) >= 11 is 2.22. The van der Waals surface area contributed by atoms with Crippen molar-refractivity contribution in [3.05, 3.63) is 32.4 Å². The third-order valence-electron chi connectivity index (χ3n) is 7.06. The predicted octanol–water partition coefficient (Wildman–Crippen LogP) is 4.48. The monoisotopic (exact) mass is 406 g/mol.